The summed E-state index contributed by atoms with van der Waals surface area (Å²) in [6.07, 6.45) is 4.05. The number of aromatic nitrogens is 1. The molecule has 0 aliphatic rings. The molecular weight excluding hydrogens is 474 g/mol. The number of nitrogens with zero attached hydrogens (tertiary/aromatic N) is 1. The van der Waals surface area contributed by atoms with Crippen molar-refractivity contribution in [2.75, 3.05) is 6.61 Å². The first-order chi connectivity index (χ1) is 14.8. The molecule has 5 heteroatoms. The van der Waals surface area contributed by atoms with Gasteiger partial charge in [-0.1, -0.05) is 51.8 Å². The SMILES string of the molecule is C/C=C/c1cc(Br)cc(-c2c(C(=O)OCC)c(C)n(C(C)C)c2-c2ccc(Cl)cc2)c1. The van der Waals surface area contributed by atoms with Crippen LogP contribution < -0.4 is 0 Å². The van der Waals surface area contributed by atoms with E-state index in [1.165, 1.54) is 0 Å². The van der Waals surface area contributed by atoms with Gasteiger partial charge in [0.25, 0.3) is 0 Å². The van der Waals surface area contributed by atoms with Gasteiger partial charge in [0.05, 0.1) is 17.9 Å². The molecule has 0 unspecified atom stereocenters. The van der Waals surface area contributed by atoms with E-state index in [1.54, 1.807) is 0 Å². The van der Waals surface area contributed by atoms with Crippen LogP contribution in [0.1, 0.15) is 55.4 Å². The molecular formula is C26H27BrClNO2. The molecule has 0 radical (unpaired) electrons. The average molecular weight is 501 g/mol. The maximum absolute atomic E-state index is 13.1. The normalized spacial score (nSPS) is 11.5. The maximum atomic E-state index is 13.1. The molecule has 3 aromatic rings. The summed E-state index contributed by atoms with van der Waals surface area (Å²) in [5.74, 6) is -0.308. The smallest absolute Gasteiger partial charge is 0.340 e. The third-order valence-electron chi connectivity index (χ3n) is 5.13. The first-order valence-electron chi connectivity index (χ1n) is 10.4. The summed E-state index contributed by atoms with van der Waals surface area (Å²) in [5, 5.41) is 0.674. The fraction of sp³-hybridized carbons (Fsp3) is 0.269. The van der Waals surface area contributed by atoms with Crippen molar-refractivity contribution >= 4 is 39.6 Å². The Morgan fingerprint density at radius 2 is 1.84 bits per heavy atom. The van der Waals surface area contributed by atoms with Crippen molar-refractivity contribution in [2.45, 2.75) is 40.7 Å². The van der Waals surface area contributed by atoms with Crippen molar-refractivity contribution in [3.8, 4) is 22.4 Å². The zero-order chi connectivity index (χ0) is 22.7. The highest BCUT2D eigenvalue weighted by molar-refractivity contribution is 9.10. The summed E-state index contributed by atoms with van der Waals surface area (Å²) in [4.78, 5) is 13.1. The van der Waals surface area contributed by atoms with Crippen molar-refractivity contribution in [1.29, 1.82) is 0 Å². The lowest BCUT2D eigenvalue weighted by molar-refractivity contribution is 0.0526. The highest BCUT2D eigenvalue weighted by Crippen LogP contribution is 2.42. The van der Waals surface area contributed by atoms with E-state index < -0.39 is 0 Å². The van der Waals surface area contributed by atoms with Gasteiger partial charge in [0.1, 0.15) is 0 Å². The molecule has 0 spiro atoms. The minimum atomic E-state index is -0.308. The van der Waals surface area contributed by atoms with Crippen molar-refractivity contribution in [3.63, 3.8) is 0 Å². The zero-order valence-electron chi connectivity index (χ0n) is 18.5. The first kappa shape index (κ1) is 23.4. The van der Waals surface area contributed by atoms with Gasteiger partial charge in [-0.05, 0) is 81.6 Å². The molecule has 0 aliphatic heterocycles. The summed E-state index contributed by atoms with van der Waals surface area (Å²) in [5.41, 5.74) is 6.36. The monoisotopic (exact) mass is 499 g/mol. The second-order valence-electron chi connectivity index (χ2n) is 7.65. The first-order valence-corrected chi connectivity index (χ1v) is 11.6. The number of hydrogen-bond donors (Lipinski definition) is 0. The topological polar surface area (TPSA) is 31.2 Å². The van der Waals surface area contributed by atoms with Crippen molar-refractivity contribution in [3.05, 3.63) is 74.9 Å². The van der Waals surface area contributed by atoms with Gasteiger partial charge >= 0.3 is 5.97 Å². The van der Waals surface area contributed by atoms with Crippen LogP contribution in [0.25, 0.3) is 28.5 Å². The Hall–Kier alpha value is -2.30. The van der Waals surface area contributed by atoms with E-state index in [-0.39, 0.29) is 12.0 Å². The van der Waals surface area contributed by atoms with E-state index >= 15 is 0 Å². The number of carbonyl (C=O) groups is 1. The Kier molecular flexibility index (Phi) is 7.45. The Balaban J connectivity index is 2.46. The molecule has 0 amide bonds. The molecule has 1 heterocycles. The molecule has 1 aromatic heterocycles. The van der Waals surface area contributed by atoms with E-state index in [1.807, 2.05) is 57.2 Å². The molecule has 2 aromatic carbocycles. The van der Waals surface area contributed by atoms with Gasteiger partial charge in [-0.15, -0.1) is 0 Å². The van der Waals surface area contributed by atoms with Crippen LogP contribution >= 0.6 is 27.5 Å². The third kappa shape index (κ3) is 4.81. The number of halogens is 2. The Morgan fingerprint density at radius 1 is 1.16 bits per heavy atom. The molecule has 0 saturated carbocycles. The highest BCUT2D eigenvalue weighted by Gasteiger charge is 2.29. The minimum absolute atomic E-state index is 0.148. The average Bonchev–Trinajstić information content (AvgIpc) is 3.02. The van der Waals surface area contributed by atoms with E-state index in [0.29, 0.717) is 17.2 Å². The van der Waals surface area contributed by atoms with E-state index in [0.717, 1.165) is 38.1 Å². The predicted molar refractivity (Wildman–Crippen MR) is 134 cm³/mol. The molecule has 0 saturated heterocycles. The summed E-state index contributed by atoms with van der Waals surface area (Å²) < 4.78 is 8.64. The quantitative estimate of drug-likeness (QED) is 0.318. The zero-order valence-corrected chi connectivity index (χ0v) is 20.8. The van der Waals surface area contributed by atoms with Gasteiger partial charge in [0.15, 0.2) is 0 Å². The molecule has 3 rings (SSSR count). The second kappa shape index (κ2) is 9.88. The van der Waals surface area contributed by atoms with Crippen LogP contribution in [0.15, 0.2) is 53.0 Å². The number of carbonyl (C=O) groups excluding carboxylic acids is 1. The number of ether oxygens (including phenoxy) is 1. The summed E-state index contributed by atoms with van der Waals surface area (Å²) in [7, 11) is 0. The van der Waals surface area contributed by atoms with Gasteiger partial charge < -0.3 is 9.30 Å². The van der Waals surface area contributed by atoms with Gasteiger partial charge in [0.2, 0.25) is 0 Å². The number of hydrogen-bond acceptors (Lipinski definition) is 2. The van der Waals surface area contributed by atoms with Crippen LogP contribution in [-0.2, 0) is 4.74 Å². The predicted octanol–water partition coefficient (Wildman–Crippen LogP) is 8.34. The van der Waals surface area contributed by atoms with Gasteiger partial charge in [-0.3, -0.25) is 0 Å². The fourth-order valence-corrected chi connectivity index (χ4v) is 4.66. The third-order valence-corrected chi connectivity index (χ3v) is 5.84. The van der Waals surface area contributed by atoms with Crippen molar-refractivity contribution in [1.82, 2.24) is 4.57 Å². The number of benzene rings is 2. The van der Waals surface area contributed by atoms with E-state index in [4.69, 9.17) is 16.3 Å². The molecule has 0 aliphatic carbocycles. The van der Waals surface area contributed by atoms with Crippen LogP contribution in [0.3, 0.4) is 0 Å². The molecule has 3 nitrogen and oxygen atoms in total. The molecule has 31 heavy (non-hydrogen) atoms. The maximum Gasteiger partial charge on any atom is 0.340 e. The fourth-order valence-electron chi connectivity index (χ4n) is 4.02. The van der Waals surface area contributed by atoms with Crippen LogP contribution in [0, 0.1) is 6.92 Å². The van der Waals surface area contributed by atoms with Gasteiger partial charge in [-0.2, -0.15) is 0 Å². The van der Waals surface area contributed by atoms with Crippen molar-refractivity contribution < 1.29 is 9.53 Å². The Morgan fingerprint density at radius 3 is 2.42 bits per heavy atom. The van der Waals surface area contributed by atoms with Gasteiger partial charge in [-0.25, -0.2) is 4.79 Å². The second-order valence-corrected chi connectivity index (χ2v) is 9.00. The Labute approximate surface area is 197 Å². The van der Waals surface area contributed by atoms with Crippen LogP contribution in [0.5, 0.6) is 0 Å². The van der Waals surface area contributed by atoms with E-state index in [2.05, 4.69) is 52.5 Å². The molecule has 162 valence electrons. The number of allylic oxidation sites excluding steroid dienone is 1. The largest absolute Gasteiger partial charge is 0.462 e. The lowest BCUT2D eigenvalue weighted by atomic mass is 9.95. The number of esters is 1. The van der Waals surface area contributed by atoms with E-state index in [9.17, 15) is 4.79 Å². The molecule has 0 N–H and O–H groups in total. The van der Waals surface area contributed by atoms with Crippen LogP contribution in [-0.4, -0.2) is 17.1 Å². The van der Waals surface area contributed by atoms with Crippen molar-refractivity contribution in [2.24, 2.45) is 0 Å². The standard InChI is InChI=1S/C26H27BrClNO2/c1-6-8-18-13-20(15-21(27)14-18)24-23(26(30)31-7-2)17(5)29(16(3)4)25(24)19-9-11-22(28)12-10-19/h6,8-16H,7H2,1-5H3/b8-6+. The van der Waals surface area contributed by atoms with Crippen LogP contribution in [0.2, 0.25) is 5.02 Å². The van der Waals surface area contributed by atoms with Crippen LogP contribution in [0.4, 0.5) is 0 Å². The van der Waals surface area contributed by atoms with Gasteiger partial charge in [0, 0.05) is 26.8 Å². The number of rotatable bonds is 6. The highest BCUT2D eigenvalue weighted by atomic mass is 79.9. The summed E-state index contributed by atoms with van der Waals surface area (Å²) in [6, 6.07) is 14.1. The lowest BCUT2D eigenvalue weighted by Gasteiger charge is -2.17. The molecule has 0 fully saturated rings. The Bertz CT molecular complexity index is 1130. The summed E-state index contributed by atoms with van der Waals surface area (Å²) in [6.45, 7) is 10.4. The lowest BCUT2D eigenvalue weighted by Crippen LogP contribution is -2.09. The molecule has 0 bridgehead atoms. The molecule has 0 atom stereocenters. The minimum Gasteiger partial charge on any atom is -0.462 e. The summed E-state index contributed by atoms with van der Waals surface area (Å²) >= 11 is 9.81.